The summed E-state index contributed by atoms with van der Waals surface area (Å²) < 4.78 is 114. The van der Waals surface area contributed by atoms with E-state index in [1.165, 1.54) is 25.1 Å². The van der Waals surface area contributed by atoms with Crippen molar-refractivity contribution in [3.63, 3.8) is 0 Å². The molecule has 0 heterocycles. The number of nitrogens with one attached hydrogen (secondary N) is 1. The predicted octanol–water partition coefficient (Wildman–Crippen LogP) is 8.12. The Hall–Kier alpha value is -4.50. The number of carbonyl (C=O) groups excluding carboxylic acids is 1. The predicted molar refractivity (Wildman–Crippen MR) is 127 cm³/mol. The van der Waals surface area contributed by atoms with Crippen LogP contribution in [0, 0.1) is 22.7 Å². The molecule has 3 rings (SSSR count). The van der Waals surface area contributed by atoms with Gasteiger partial charge in [-0.15, -0.1) is 0 Å². The first-order chi connectivity index (χ1) is 18.2. The van der Waals surface area contributed by atoms with E-state index in [1.54, 1.807) is 6.07 Å². The lowest BCUT2D eigenvalue weighted by Gasteiger charge is -2.40. The zero-order chi connectivity index (χ0) is 30.0. The molecular formula is C25H17F8N3O3S. The van der Waals surface area contributed by atoms with Gasteiger partial charge in [0.2, 0.25) is 0 Å². The second-order valence-electron chi connectivity index (χ2n) is 8.58. The van der Waals surface area contributed by atoms with Crippen molar-refractivity contribution >= 4 is 16.1 Å². The van der Waals surface area contributed by atoms with Gasteiger partial charge in [0.05, 0.1) is 23.3 Å². The average molecular weight is 591 g/mol. The maximum Gasteiger partial charge on any atom is 0.416 e. The van der Waals surface area contributed by atoms with Gasteiger partial charge in [0.15, 0.2) is 17.0 Å². The van der Waals surface area contributed by atoms with Gasteiger partial charge in [0.1, 0.15) is 17.3 Å². The number of nitriles is 2. The molecule has 1 amide bonds. The molecule has 0 bridgehead atoms. The number of halogens is 8. The topological polar surface area (TPSA) is 95.1 Å². The monoisotopic (exact) mass is 591 g/mol. The van der Waals surface area contributed by atoms with E-state index in [2.05, 4.69) is 5.32 Å². The number of carbonyl (C=O) groups is 1. The van der Waals surface area contributed by atoms with Crippen LogP contribution in [0.4, 0.5) is 32.6 Å². The first-order valence-corrected chi connectivity index (χ1v) is 12.8. The van der Waals surface area contributed by atoms with Crippen LogP contribution in [0.3, 0.4) is 0 Å². The Morgan fingerprint density at radius 1 is 0.900 bits per heavy atom. The third-order valence-corrected chi connectivity index (χ3v) is 6.36. The van der Waals surface area contributed by atoms with Gasteiger partial charge >= 0.3 is 16.4 Å². The van der Waals surface area contributed by atoms with Crippen molar-refractivity contribution in [1.29, 1.82) is 10.5 Å². The molecule has 40 heavy (non-hydrogen) atoms. The van der Waals surface area contributed by atoms with Crippen molar-refractivity contribution in [1.82, 2.24) is 5.32 Å². The number of rotatable bonds is 8. The zero-order valence-corrected chi connectivity index (χ0v) is 20.9. The number of benzene rings is 3. The lowest BCUT2D eigenvalue weighted by atomic mass is 10.0. The first kappa shape index (κ1) is 30.0. The third-order valence-electron chi connectivity index (χ3n) is 5.20. The summed E-state index contributed by atoms with van der Waals surface area (Å²) in [6.45, 7) is 0.593. The molecule has 0 aromatic heterocycles. The standard InChI is InChI=1S/C25H17F8N3O3S/c1-24(14-35,36-23(37)17-3-9-20(10-4-17)40(29,30,31,32)33)15-38-22-12-16(13-34)2-11-21(22)39-19-7-5-18(6-8-19)25(26,27)28/h2-12H,15H2,1H3,(H,36,37). The van der Waals surface area contributed by atoms with Crippen LogP contribution in [0.1, 0.15) is 28.4 Å². The molecule has 0 aliphatic rings. The molecule has 1 atom stereocenters. The quantitative estimate of drug-likeness (QED) is 0.267. The minimum atomic E-state index is -9.95. The van der Waals surface area contributed by atoms with Crippen LogP contribution < -0.4 is 14.8 Å². The highest BCUT2D eigenvalue weighted by Crippen LogP contribution is 3.02. The number of nitrogens with zero attached hydrogens (tertiary/aromatic N) is 2. The fourth-order valence-corrected chi connectivity index (χ4v) is 3.77. The zero-order valence-electron chi connectivity index (χ0n) is 20.1. The van der Waals surface area contributed by atoms with Crippen LogP contribution in [0.15, 0.2) is 71.6 Å². The van der Waals surface area contributed by atoms with Gasteiger partial charge < -0.3 is 14.8 Å². The van der Waals surface area contributed by atoms with E-state index in [4.69, 9.17) is 9.47 Å². The molecule has 3 aromatic carbocycles. The second-order valence-corrected chi connectivity index (χ2v) is 11.0. The van der Waals surface area contributed by atoms with Crippen LogP contribution in [-0.4, -0.2) is 18.1 Å². The Bertz CT molecular complexity index is 1510. The van der Waals surface area contributed by atoms with Gasteiger partial charge in [0, 0.05) is 11.6 Å². The highest BCUT2D eigenvalue weighted by Gasteiger charge is 2.65. The van der Waals surface area contributed by atoms with E-state index >= 15 is 0 Å². The summed E-state index contributed by atoms with van der Waals surface area (Å²) in [5.74, 6) is -1.28. The van der Waals surface area contributed by atoms with Gasteiger partial charge in [-0.3, -0.25) is 4.79 Å². The SMILES string of the molecule is CC(C#N)(COc1cc(C#N)ccc1Oc1ccc(C(F)(F)F)cc1)NC(=O)c1ccc(S(F)(F)(F)(F)F)cc1. The Morgan fingerprint density at radius 3 is 2.00 bits per heavy atom. The number of amides is 1. The third kappa shape index (κ3) is 7.54. The lowest BCUT2D eigenvalue weighted by molar-refractivity contribution is -0.137. The van der Waals surface area contributed by atoms with Crippen LogP contribution in [0.2, 0.25) is 0 Å². The normalized spacial score (nSPS) is 14.9. The van der Waals surface area contributed by atoms with Crippen molar-refractivity contribution < 1.29 is 46.9 Å². The molecule has 3 aromatic rings. The molecule has 0 fully saturated rings. The molecular weight excluding hydrogens is 574 g/mol. The second kappa shape index (κ2) is 9.60. The molecule has 1 N–H and O–H groups in total. The van der Waals surface area contributed by atoms with Gasteiger partial charge in [-0.25, -0.2) is 0 Å². The van der Waals surface area contributed by atoms with Crippen molar-refractivity contribution in [2.24, 2.45) is 0 Å². The van der Waals surface area contributed by atoms with Gasteiger partial charge in [-0.05, 0) is 67.6 Å². The summed E-state index contributed by atoms with van der Waals surface area (Å²) in [5, 5.41) is 21.0. The fourth-order valence-electron chi connectivity index (χ4n) is 3.12. The number of alkyl halides is 3. The first-order valence-electron chi connectivity index (χ1n) is 10.8. The Morgan fingerprint density at radius 2 is 1.50 bits per heavy atom. The highest BCUT2D eigenvalue weighted by atomic mass is 32.5. The summed E-state index contributed by atoms with van der Waals surface area (Å²) in [5.41, 5.74) is -3.12. The van der Waals surface area contributed by atoms with Crippen molar-refractivity contribution in [2.45, 2.75) is 23.5 Å². The summed E-state index contributed by atoms with van der Waals surface area (Å²) in [7, 11) is -9.95. The van der Waals surface area contributed by atoms with E-state index in [9.17, 15) is 47.9 Å². The molecule has 0 saturated heterocycles. The largest absolute Gasteiger partial charge is 0.486 e. The summed E-state index contributed by atoms with van der Waals surface area (Å²) in [6, 6.07) is 12.2. The number of hydrogen-bond acceptors (Lipinski definition) is 5. The molecule has 0 aliphatic carbocycles. The highest BCUT2D eigenvalue weighted by molar-refractivity contribution is 8.45. The van der Waals surface area contributed by atoms with E-state index in [0.717, 1.165) is 24.3 Å². The Balaban J connectivity index is 1.78. The van der Waals surface area contributed by atoms with Crippen LogP contribution in [0.25, 0.3) is 0 Å². The molecule has 0 spiro atoms. The maximum atomic E-state index is 12.9. The molecule has 0 saturated carbocycles. The number of hydrogen-bond donors (Lipinski definition) is 1. The molecule has 15 heteroatoms. The average Bonchev–Trinajstić information content (AvgIpc) is 2.86. The fraction of sp³-hybridized carbons (Fsp3) is 0.160. The van der Waals surface area contributed by atoms with E-state index < -0.39 is 50.5 Å². The number of ether oxygens (including phenoxy) is 2. The van der Waals surface area contributed by atoms with Crippen LogP contribution in [-0.2, 0) is 6.18 Å². The van der Waals surface area contributed by atoms with E-state index in [0.29, 0.717) is 12.1 Å². The minimum absolute atomic E-state index is 0.0195. The summed E-state index contributed by atoms with van der Waals surface area (Å²) in [6.07, 6.45) is -4.57. The van der Waals surface area contributed by atoms with Crippen molar-refractivity contribution in [3.05, 3.63) is 83.4 Å². The van der Waals surface area contributed by atoms with Gasteiger partial charge in [-0.1, -0.05) is 19.4 Å². The molecule has 212 valence electrons. The molecule has 6 nitrogen and oxygen atoms in total. The molecule has 1 unspecified atom stereocenters. The van der Waals surface area contributed by atoms with E-state index in [-0.39, 0.29) is 34.9 Å². The maximum absolute atomic E-state index is 12.9. The molecule has 0 aliphatic heterocycles. The Labute approximate surface area is 222 Å². The summed E-state index contributed by atoms with van der Waals surface area (Å²) in [4.78, 5) is 10.3. The van der Waals surface area contributed by atoms with E-state index in [1.807, 2.05) is 6.07 Å². The van der Waals surface area contributed by atoms with Crippen molar-refractivity contribution in [3.8, 4) is 29.4 Å². The van der Waals surface area contributed by atoms with Gasteiger partial charge in [-0.2, -0.15) is 23.7 Å². The smallest absolute Gasteiger partial charge is 0.416 e. The summed E-state index contributed by atoms with van der Waals surface area (Å²) >= 11 is 0. The van der Waals surface area contributed by atoms with Crippen molar-refractivity contribution in [2.75, 3.05) is 6.61 Å². The van der Waals surface area contributed by atoms with Crippen LogP contribution in [0.5, 0.6) is 17.2 Å². The van der Waals surface area contributed by atoms with Gasteiger partial charge in [0.25, 0.3) is 5.91 Å². The van der Waals surface area contributed by atoms with Crippen LogP contribution >= 0.6 is 10.2 Å². The minimum Gasteiger partial charge on any atom is -0.486 e. The molecule has 0 radical (unpaired) electrons. The Kier molecular flexibility index (Phi) is 7.21. The lowest BCUT2D eigenvalue weighted by Crippen LogP contribution is -2.49.